The maximum atomic E-state index is 11.7. The molecular weight excluding hydrogens is 248 g/mol. The van der Waals surface area contributed by atoms with E-state index in [0.717, 1.165) is 0 Å². The van der Waals surface area contributed by atoms with E-state index in [4.69, 9.17) is 9.52 Å². The molecule has 2 N–H and O–H groups in total. The van der Waals surface area contributed by atoms with Crippen molar-refractivity contribution in [2.75, 3.05) is 13.1 Å². The molecule has 0 aliphatic heterocycles. The van der Waals surface area contributed by atoms with Crippen molar-refractivity contribution >= 4 is 11.9 Å². The van der Waals surface area contributed by atoms with Gasteiger partial charge in [0.25, 0.3) is 0 Å². The quantitative estimate of drug-likeness (QED) is 0.779. The Morgan fingerprint density at radius 3 is 2.68 bits per heavy atom. The third-order valence-corrected chi connectivity index (χ3v) is 2.60. The van der Waals surface area contributed by atoms with Gasteiger partial charge in [0.05, 0.1) is 12.8 Å². The predicted octanol–water partition coefficient (Wildman–Crippen LogP) is 1.32. The summed E-state index contributed by atoms with van der Waals surface area (Å²) in [6.07, 6.45) is 1.35. The second-order valence-corrected chi connectivity index (χ2v) is 4.61. The summed E-state index contributed by atoms with van der Waals surface area (Å²) in [6, 6.07) is 1.71. The van der Waals surface area contributed by atoms with Crippen molar-refractivity contribution in [1.82, 2.24) is 10.2 Å². The van der Waals surface area contributed by atoms with Gasteiger partial charge in [-0.15, -0.1) is 0 Å². The minimum atomic E-state index is -1.09. The Kier molecular flexibility index (Phi) is 5.57. The molecule has 1 amide bonds. The van der Waals surface area contributed by atoms with Crippen LogP contribution < -0.4 is 5.32 Å². The molecule has 0 aromatic carbocycles. The topological polar surface area (TPSA) is 82.8 Å². The van der Waals surface area contributed by atoms with Crippen LogP contribution in [-0.2, 0) is 11.3 Å². The Morgan fingerprint density at radius 2 is 2.16 bits per heavy atom. The first kappa shape index (κ1) is 15.2. The number of hydrogen-bond acceptors (Lipinski definition) is 4. The van der Waals surface area contributed by atoms with Crippen molar-refractivity contribution in [3.8, 4) is 0 Å². The third kappa shape index (κ3) is 4.75. The summed E-state index contributed by atoms with van der Waals surface area (Å²) in [6.45, 7) is 6.97. The van der Waals surface area contributed by atoms with Crippen molar-refractivity contribution in [2.45, 2.75) is 33.4 Å². The van der Waals surface area contributed by atoms with E-state index < -0.39 is 5.97 Å². The molecule has 106 valence electrons. The standard InChI is InChI=1S/C13H20N2O4/c1-4-15(8-11(16)14-9(2)3)7-10-5-6-19-12(10)13(17)18/h5-6,9H,4,7-8H2,1-3H3,(H,14,16)(H,17,18). The van der Waals surface area contributed by atoms with Crippen LogP contribution in [0.5, 0.6) is 0 Å². The first-order chi connectivity index (χ1) is 8.93. The molecule has 0 aliphatic carbocycles. The summed E-state index contributed by atoms with van der Waals surface area (Å²) in [5, 5.41) is 11.8. The lowest BCUT2D eigenvalue weighted by molar-refractivity contribution is -0.122. The fourth-order valence-electron chi connectivity index (χ4n) is 1.74. The van der Waals surface area contributed by atoms with Crippen molar-refractivity contribution in [3.05, 3.63) is 23.7 Å². The highest BCUT2D eigenvalue weighted by atomic mass is 16.4. The van der Waals surface area contributed by atoms with Crippen molar-refractivity contribution in [1.29, 1.82) is 0 Å². The summed E-state index contributed by atoms with van der Waals surface area (Å²) < 4.78 is 4.91. The van der Waals surface area contributed by atoms with Crippen molar-refractivity contribution in [2.24, 2.45) is 0 Å². The summed E-state index contributed by atoms with van der Waals surface area (Å²) in [5.74, 6) is -1.23. The van der Waals surface area contributed by atoms with Crippen molar-refractivity contribution < 1.29 is 19.1 Å². The molecule has 6 heteroatoms. The first-order valence-electron chi connectivity index (χ1n) is 6.25. The molecule has 1 rings (SSSR count). The zero-order chi connectivity index (χ0) is 14.4. The Hall–Kier alpha value is -1.82. The van der Waals surface area contributed by atoms with E-state index in [9.17, 15) is 9.59 Å². The number of rotatable bonds is 7. The lowest BCUT2D eigenvalue weighted by Crippen LogP contribution is -2.39. The number of amides is 1. The minimum Gasteiger partial charge on any atom is -0.475 e. The Bertz CT molecular complexity index is 440. The molecule has 0 spiro atoms. The van der Waals surface area contributed by atoms with Gasteiger partial charge < -0.3 is 14.8 Å². The average molecular weight is 268 g/mol. The van der Waals surface area contributed by atoms with Crippen LogP contribution in [0.1, 0.15) is 36.9 Å². The summed E-state index contributed by atoms with van der Waals surface area (Å²) >= 11 is 0. The van der Waals surface area contributed by atoms with E-state index in [0.29, 0.717) is 18.7 Å². The van der Waals surface area contributed by atoms with E-state index in [1.807, 2.05) is 25.7 Å². The van der Waals surface area contributed by atoms with Crippen molar-refractivity contribution in [3.63, 3.8) is 0 Å². The smallest absolute Gasteiger partial charge is 0.372 e. The summed E-state index contributed by atoms with van der Waals surface area (Å²) in [7, 11) is 0. The number of carboxylic acids is 1. The SMILES string of the molecule is CCN(CC(=O)NC(C)C)Cc1ccoc1C(=O)O. The maximum absolute atomic E-state index is 11.7. The van der Waals surface area contributed by atoms with Gasteiger partial charge in [-0.05, 0) is 26.5 Å². The Morgan fingerprint density at radius 1 is 1.47 bits per heavy atom. The molecule has 0 saturated carbocycles. The van der Waals surface area contributed by atoms with Crippen LogP contribution in [0.3, 0.4) is 0 Å². The summed E-state index contributed by atoms with van der Waals surface area (Å²) in [5.41, 5.74) is 0.576. The molecule has 0 saturated heterocycles. The van der Waals surface area contributed by atoms with Gasteiger partial charge >= 0.3 is 5.97 Å². The van der Waals surface area contributed by atoms with Crippen LogP contribution in [0.2, 0.25) is 0 Å². The number of carbonyl (C=O) groups is 2. The number of nitrogens with zero attached hydrogens (tertiary/aromatic N) is 1. The predicted molar refractivity (Wildman–Crippen MR) is 69.9 cm³/mol. The lowest BCUT2D eigenvalue weighted by Gasteiger charge is -2.20. The van der Waals surface area contributed by atoms with Crippen LogP contribution >= 0.6 is 0 Å². The summed E-state index contributed by atoms with van der Waals surface area (Å²) in [4.78, 5) is 24.5. The lowest BCUT2D eigenvalue weighted by atomic mass is 10.2. The van der Waals surface area contributed by atoms with Gasteiger partial charge in [-0.2, -0.15) is 0 Å². The fraction of sp³-hybridized carbons (Fsp3) is 0.538. The molecule has 6 nitrogen and oxygen atoms in total. The largest absolute Gasteiger partial charge is 0.475 e. The van der Waals surface area contributed by atoms with E-state index in [2.05, 4.69) is 5.32 Å². The van der Waals surface area contributed by atoms with Crippen LogP contribution in [0, 0.1) is 0 Å². The zero-order valence-corrected chi connectivity index (χ0v) is 11.5. The number of likely N-dealkylation sites (N-methyl/N-ethyl adjacent to an activating group) is 1. The first-order valence-corrected chi connectivity index (χ1v) is 6.25. The number of hydrogen-bond donors (Lipinski definition) is 2. The number of furan rings is 1. The molecule has 0 bridgehead atoms. The van der Waals surface area contributed by atoms with Crippen LogP contribution in [0.15, 0.2) is 16.7 Å². The van der Waals surface area contributed by atoms with E-state index in [-0.39, 0.29) is 24.3 Å². The zero-order valence-electron chi connectivity index (χ0n) is 11.5. The highest BCUT2D eigenvalue weighted by Crippen LogP contribution is 2.13. The van der Waals surface area contributed by atoms with E-state index >= 15 is 0 Å². The van der Waals surface area contributed by atoms with Gasteiger partial charge in [0.15, 0.2) is 0 Å². The second kappa shape index (κ2) is 6.94. The van der Waals surface area contributed by atoms with Gasteiger partial charge in [-0.3, -0.25) is 9.69 Å². The number of nitrogens with one attached hydrogen (secondary N) is 1. The van der Waals surface area contributed by atoms with E-state index in [1.165, 1.54) is 6.26 Å². The normalized spacial score (nSPS) is 11.0. The molecule has 0 atom stereocenters. The molecular formula is C13H20N2O4. The van der Waals surface area contributed by atoms with Crippen LogP contribution in [-0.4, -0.2) is 41.0 Å². The minimum absolute atomic E-state index is 0.0669. The van der Waals surface area contributed by atoms with Gasteiger partial charge in [0.2, 0.25) is 11.7 Å². The van der Waals surface area contributed by atoms with E-state index in [1.54, 1.807) is 6.07 Å². The molecule has 19 heavy (non-hydrogen) atoms. The molecule has 0 radical (unpaired) electrons. The highest BCUT2D eigenvalue weighted by Gasteiger charge is 2.17. The fourth-order valence-corrected chi connectivity index (χ4v) is 1.74. The highest BCUT2D eigenvalue weighted by molar-refractivity contribution is 5.86. The van der Waals surface area contributed by atoms with Crippen LogP contribution in [0.25, 0.3) is 0 Å². The molecule has 1 aromatic rings. The van der Waals surface area contributed by atoms with Gasteiger partial charge in [0.1, 0.15) is 0 Å². The molecule has 0 aliphatic rings. The number of aromatic carboxylic acids is 1. The number of carboxylic acid groups (broad SMARTS) is 1. The Labute approximate surface area is 112 Å². The van der Waals surface area contributed by atoms with Gasteiger partial charge in [-0.1, -0.05) is 6.92 Å². The Balaban J connectivity index is 2.64. The maximum Gasteiger partial charge on any atom is 0.372 e. The third-order valence-electron chi connectivity index (χ3n) is 2.60. The second-order valence-electron chi connectivity index (χ2n) is 4.61. The van der Waals surface area contributed by atoms with Gasteiger partial charge in [0, 0.05) is 18.2 Å². The molecule has 0 fully saturated rings. The molecule has 0 unspecified atom stereocenters. The van der Waals surface area contributed by atoms with Crippen LogP contribution in [0.4, 0.5) is 0 Å². The molecule has 1 aromatic heterocycles. The average Bonchev–Trinajstić information content (AvgIpc) is 2.75. The molecule has 1 heterocycles. The van der Waals surface area contributed by atoms with Gasteiger partial charge in [-0.25, -0.2) is 4.79 Å². The number of carbonyl (C=O) groups excluding carboxylic acids is 1. The monoisotopic (exact) mass is 268 g/mol.